The van der Waals surface area contributed by atoms with Crippen LogP contribution in [-0.4, -0.2) is 42.0 Å². The number of aliphatic carboxylic acids is 1. The zero-order chi connectivity index (χ0) is 16.3. The second-order valence-electron chi connectivity index (χ2n) is 6.32. The number of benzene rings is 1. The molecule has 1 aliphatic rings. The number of ether oxygens (including phenoxy) is 1. The molecule has 0 bridgehead atoms. The first-order chi connectivity index (χ1) is 10.3. The molecule has 2 rings (SSSR count). The Bertz CT molecular complexity index is 602. The first-order valence-corrected chi connectivity index (χ1v) is 7.16. The van der Waals surface area contributed by atoms with Gasteiger partial charge in [0.05, 0.1) is 7.11 Å². The SMILES string of the molecule is COc1ccc(C(=O)/C=C2\CC(C)(C)CN2CC(=O)O)cc1. The van der Waals surface area contributed by atoms with Crippen LogP contribution in [0.4, 0.5) is 0 Å². The van der Waals surface area contributed by atoms with Crippen molar-refractivity contribution in [3.63, 3.8) is 0 Å². The zero-order valence-corrected chi connectivity index (χ0v) is 13.1. The third-order valence-electron chi connectivity index (χ3n) is 3.68. The van der Waals surface area contributed by atoms with Crippen LogP contribution in [0.15, 0.2) is 36.0 Å². The first kappa shape index (κ1) is 16.1. The second kappa shape index (κ2) is 6.22. The Morgan fingerprint density at radius 1 is 1.32 bits per heavy atom. The van der Waals surface area contributed by atoms with Gasteiger partial charge in [0.15, 0.2) is 5.78 Å². The molecule has 1 aromatic rings. The van der Waals surface area contributed by atoms with Gasteiger partial charge in [-0.1, -0.05) is 13.8 Å². The number of allylic oxidation sites excluding steroid dienone is 2. The molecular weight excluding hydrogens is 282 g/mol. The summed E-state index contributed by atoms with van der Waals surface area (Å²) in [6.45, 7) is 4.70. The van der Waals surface area contributed by atoms with Gasteiger partial charge in [-0.3, -0.25) is 9.59 Å². The number of nitrogens with zero attached hydrogens (tertiary/aromatic N) is 1. The Kier molecular flexibility index (Phi) is 4.54. The highest BCUT2D eigenvalue weighted by Crippen LogP contribution is 2.36. The van der Waals surface area contributed by atoms with E-state index in [2.05, 4.69) is 13.8 Å². The fourth-order valence-corrected chi connectivity index (χ4v) is 2.73. The number of hydrogen-bond acceptors (Lipinski definition) is 4. The number of ketones is 1. The molecule has 0 spiro atoms. The predicted octanol–water partition coefficient (Wildman–Crippen LogP) is 2.58. The van der Waals surface area contributed by atoms with Crippen LogP contribution in [0.3, 0.4) is 0 Å². The van der Waals surface area contributed by atoms with Gasteiger partial charge >= 0.3 is 5.97 Å². The Labute approximate surface area is 130 Å². The number of carboxylic acids is 1. The average molecular weight is 303 g/mol. The minimum absolute atomic E-state index is 0.0263. The van der Waals surface area contributed by atoms with Crippen molar-refractivity contribution in [2.45, 2.75) is 20.3 Å². The summed E-state index contributed by atoms with van der Waals surface area (Å²) < 4.78 is 5.07. The van der Waals surface area contributed by atoms with Gasteiger partial charge in [-0.05, 0) is 36.1 Å². The van der Waals surface area contributed by atoms with E-state index >= 15 is 0 Å². The van der Waals surface area contributed by atoms with E-state index in [1.807, 2.05) is 0 Å². The summed E-state index contributed by atoms with van der Waals surface area (Å²) >= 11 is 0. The number of rotatable bonds is 5. The van der Waals surface area contributed by atoms with Crippen LogP contribution in [0.5, 0.6) is 5.75 Å². The molecule has 1 fully saturated rings. The fraction of sp³-hybridized carbons (Fsp3) is 0.412. The van der Waals surface area contributed by atoms with Crippen LogP contribution in [0.25, 0.3) is 0 Å². The molecule has 118 valence electrons. The van der Waals surface area contributed by atoms with Crippen LogP contribution < -0.4 is 4.74 Å². The van der Waals surface area contributed by atoms with E-state index in [9.17, 15) is 9.59 Å². The highest BCUT2D eigenvalue weighted by atomic mass is 16.5. The second-order valence-corrected chi connectivity index (χ2v) is 6.32. The van der Waals surface area contributed by atoms with Crippen molar-refractivity contribution in [3.8, 4) is 5.75 Å². The molecule has 0 unspecified atom stereocenters. The molecule has 1 heterocycles. The van der Waals surface area contributed by atoms with Gasteiger partial charge < -0.3 is 14.7 Å². The van der Waals surface area contributed by atoms with Crippen molar-refractivity contribution in [2.75, 3.05) is 20.2 Å². The molecular formula is C17H21NO4. The standard InChI is InChI=1S/C17H21NO4/c1-17(2)9-13(18(11-17)10-16(20)21)8-15(19)12-4-6-14(22-3)7-5-12/h4-8H,9-11H2,1-3H3,(H,20,21)/b13-8+. The summed E-state index contributed by atoms with van der Waals surface area (Å²) in [5.41, 5.74) is 1.32. The Balaban J connectivity index is 2.20. The fourth-order valence-electron chi connectivity index (χ4n) is 2.73. The topological polar surface area (TPSA) is 66.8 Å². The molecule has 1 N–H and O–H groups in total. The molecule has 0 radical (unpaired) electrons. The van der Waals surface area contributed by atoms with E-state index in [1.165, 1.54) is 0 Å². The van der Waals surface area contributed by atoms with Crippen LogP contribution >= 0.6 is 0 Å². The molecule has 0 aliphatic carbocycles. The highest BCUT2D eigenvalue weighted by Gasteiger charge is 2.34. The van der Waals surface area contributed by atoms with Crippen LogP contribution in [0.2, 0.25) is 0 Å². The van der Waals surface area contributed by atoms with Gasteiger partial charge in [0.25, 0.3) is 0 Å². The Hall–Kier alpha value is -2.30. The Morgan fingerprint density at radius 2 is 1.95 bits per heavy atom. The summed E-state index contributed by atoms with van der Waals surface area (Å²) in [5.74, 6) is -0.315. The lowest BCUT2D eigenvalue weighted by molar-refractivity contribution is -0.137. The van der Waals surface area contributed by atoms with E-state index < -0.39 is 5.97 Å². The Morgan fingerprint density at radius 3 is 2.50 bits per heavy atom. The van der Waals surface area contributed by atoms with Gasteiger partial charge in [0.1, 0.15) is 12.3 Å². The predicted molar refractivity (Wildman–Crippen MR) is 83.0 cm³/mol. The molecule has 0 atom stereocenters. The molecule has 0 amide bonds. The maximum absolute atomic E-state index is 12.4. The maximum Gasteiger partial charge on any atom is 0.323 e. The normalized spacial score (nSPS) is 18.5. The number of methoxy groups -OCH3 is 1. The number of hydrogen-bond donors (Lipinski definition) is 1. The number of carboxylic acid groups (broad SMARTS) is 1. The van der Waals surface area contributed by atoms with Crippen molar-refractivity contribution >= 4 is 11.8 Å². The third kappa shape index (κ3) is 3.87. The molecule has 5 nitrogen and oxygen atoms in total. The average Bonchev–Trinajstić information content (AvgIpc) is 2.72. The smallest absolute Gasteiger partial charge is 0.323 e. The summed E-state index contributed by atoms with van der Waals surface area (Å²) in [7, 11) is 1.57. The minimum atomic E-state index is -0.888. The molecule has 1 aliphatic heterocycles. The molecule has 22 heavy (non-hydrogen) atoms. The van der Waals surface area contributed by atoms with Crippen molar-refractivity contribution in [1.82, 2.24) is 4.90 Å². The summed E-state index contributed by atoms with van der Waals surface area (Å²) in [4.78, 5) is 25.1. The largest absolute Gasteiger partial charge is 0.497 e. The molecule has 0 aromatic heterocycles. The first-order valence-electron chi connectivity index (χ1n) is 7.16. The van der Waals surface area contributed by atoms with E-state index in [-0.39, 0.29) is 17.7 Å². The molecule has 5 heteroatoms. The lowest BCUT2D eigenvalue weighted by Gasteiger charge is -2.19. The van der Waals surface area contributed by atoms with Crippen molar-refractivity contribution in [2.24, 2.45) is 5.41 Å². The van der Waals surface area contributed by atoms with Crippen LogP contribution in [-0.2, 0) is 4.79 Å². The van der Waals surface area contributed by atoms with Gasteiger partial charge in [0.2, 0.25) is 0 Å². The van der Waals surface area contributed by atoms with E-state index in [0.29, 0.717) is 24.3 Å². The zero-order valence-electron chi connectivity index (χ0n) is 13.1. The summed E-state index contributed by atoms with van der Waals surface area (Å²) in [6.07, 6.45) is 2.25. The van der Waals surface area contributed by atoms with Gasteiger partial charge in [-0.25, -0.2) is 0 Å². The number of likely N-dealkylation sites (tertiary alicyclic amines) is 1. The van der Waals surface area contributed by atoms with Gasteiger partial charge in [-0.2, -0.15) is 0 Å². The highest BCUT2D eigenvalue weighted by molar-refractivity contribution is 6.05. The summed E-state index contributed by atoms with van der Waals surface area (Å²) in [6, 6.07) is 6.89. The summed E-state index contributed by atoms with van der Waals surface area (Å²) in [5, 5.41) is 9.00. The molecule has 1 saturated heterocycles. The monoisotopic (exact) mass is 303 g/mol. The molecule has 0 saturated carbocycles. The van der Waals surface area contributed by atoms with Crippen LogP contribution in [0.1, 0.15) is 30.6 Å². The number of carbonyl (C=O) groups excluding carboxylic acids is 1. The van der Waals surface area contributed by atoms with Gasteiger partial charge in [-0.15, -0.1) is 0 Å². The van der Waals surface area contributed by atoms with E-state index in [0.717, 1.165) is 5.70 Å². The van der Waals surface area contributed by atoms with Crippen LogP contribution in [0, 0.1) is 5.41 Å². The van der Waals surface area contributed by atoms with E-state index in [1.54, 1.807) is 42.4 Å². The third-order valence-corrected chi connectivity index (χ3v) is 3.68. The molecule has 1 aromatic carbocycles. The maximum atomic E-state index is 12.4. The van der Waals surface area contributed by atoms with Crippen molar-refractivity contribution in [1.29, 1.82) is 0 Å². The van der Waals surface area contributed by atoms with Gasteiger partial charge in [0, 0.05) is 23.9 Å². The number of carbonyl (C=O) groups is 2. The quantitative estimate of drug-likeness (QED) is 0.669. The minimum Gasteiger partial charge on any atom is -0.497 e. The van der Waals surface area contributed by atoms with Crippen molar-refractivity contribution in [3.05, 3.63) is 41.6 Å². The lowest BCUT2D eigenvalue weighted by Crippen LogP contribution is -2.28. The van der Waals surface area contributed by atoms with Crippen molar-refractivity contribution < 1.29 is 19.4 Å². The lowest BCUT2D eigenvalue weighted by atomic mass is 9.92. The van der Waals surface area contributed by atoms with E-state index in [4.69, 9.17) is 9.84 Å².